The molecule has 0 aromatic rings. The average Bonchev–Trinajstić information content (AvgIpc) is 1.25. The van der Waals surface area contributed by atoms with E-state index in [1.807, 2.05) is 0 Å². The number of rotatable bonds is 0. The summed E-state index contributed by atoms with van der Waals surface area (Å²) in [5.41, 5.74) is 7.83. The van der Waals surface area contributed by atoms with E-state index in [1.54, 1.807) is 0 Å². The maximum Gasteiger partial charge on any atom is 2.00 e. The Balaban J connectivity index is -0.0000000720. The predicted molar refractivity (Wildman–Crippen MR) is 24.9 cm³/mol. The van der Waals surface area contributed by atoms with Gasteiger partial charge in [-0.25, -0.2) is 0 Å². The minimum Gasteiger partial charge on any atom is -0.530 e. The summed E-state index contributed by atoms with van der Waals surface area (Å²) in [5.74, 6) is 0. The Morgan fingerprint density at radius 1 is 1.00 bits per heavy atom. The van der Waals surface area contributed by atoms with E-state index in [2.05, 4.69) is 11.5 Å². The van der Waals surface area contributed by atoms with Crippen molar-refractivity contribution in [1.82, 2.24) is 0 Å². The molecule has 7 heteroatoms. The molecule has 0 fully saturated rings. The van der Waals surface area contributed by atoms with Crippen molar-refractivity contribution in [2.24, 2.45) is 11.5 Å². The normalized spacial score (nSPS) is 5.33. The molecule has 0 radical (unpaired) electrons. The van der Waals surface area contributed by atoms with Crippen molar-refractivity contribution in [1.29, 1.82) is 0 Å². The molecule has 0 rings (SSSR count). The van der Waals surface area contributed by atoms with Crippen LogP contribution in [0.3, 0.4) is 0 Å². The van der Waals surface area contributed by atoms with Crippen LogP contribution in [0.15, 0.2) is 0 Å². The largest absolute Gasteiger partial charge is 2.00 e. The number of amides is 2. The van der Waals surface area contributed by atoms with Crippen LogP contribution >= 0.6 is 0 Å². The van der Waals surface area contributed by atoms with Crippen LogP contribution in [0.5, 0.6) is 0 Å². The van der Waals surface area contributed by atoms with Gasteiger partial charge in [-0.15, -0.1) is 0 Å². The second-order valence-electron chi connectivity index (χ2n) is 0.638. The quantitative estimate of drug-likeness (QED) is 0.337. The molecule has 0 bridgehead atoms. The molecule has 0 saturated carbocycles. The monoisotopic (exact) mass is 144 g/mol. The molecule has 9 heavy (non-hydrogen) atoms. The molecule has 0 heterocycles. The first kappa shape index (κ1) is 15.7. The summed E-state index contributed by atoms with van der Waals surface area (Å²) in [6, 6.07) is 0. The molecule has 6 nitrogen and oxygen atoms in total. The van der Waals surface area contributed by atoms with E-state index in [0.717, 1.165) is 0 Å². The van der Waals surface area contributed by atoms with Gasteiger partial charge in [-0.05, 0) is 0 Å². The Hall–Kier alpha value is -0.694. The number of primary amides is 2. The Morgan fingerprint density at radius 2 is 1.00 bits per heavy atom. The van der Waals surface area contributed by atoms with Crippen LogP contribution in [0.2, 0.25) is 0 Å². The second kappa shape index (κ2) is 10.3. The van der Waals surface area contributed by atoms with E-state index >= 15 is 0 Å². The van der Waals surface area contributed by atoms with Crippen molar-refractivity contribution in [3.63, 3.8) is 0 Å². The van der Waals surface area contributed by atoms with Crippen LogP contribution in [0.1, 0.15) is 0 Å². The summed E-state index contributed by atoms with van der Waals surface area (Å²) in [7, 11) is 0. The van der Waals surface area contributed by atoms with Gasteiger partial charge in [0, 0.05) is 0 Å². The van der Waals surface area contributed by atoms with Gasteiger partial charge in [-0.1, -0.05) is 0 Å². The third kappa shape index (κ3) is 427. The fourth-order valence-electron chi connectivity index (χ4n) is 0. The molecule has 0 aromatic carbocycles. The number of carbonyl (C=O) groups is 2. The number of hydrogen-bond donors (Lipinski definition) is 2. The molecule has 0 saturated heterocycles. The number of carboxylic acid groups (broad SMARTS) is 2. The summed E-state index contributed by atoms with van der Waals surface area (Å²) < 4.78 is 0. The van der Waals surface area contributed by atoms with Crippen LogP contribution in [0.25, 0.3) is 0 Å². The predicted octanol–water partition coefficient (Wildman–Crippen LogP) is -3.80. The maximum atomic E-state index is 8.67. The summed E-state index contributed by atoms with van der Waals surface area (Å²) in [5, 5.41) is 17.3. The third-order valence-corrected chi connectivity index (χ3v) is 0. The molecular formula is C2H4MgN2O4. The van der Waals surface area contributed by atoms with Gasteiger partial charge < -0.3 is 31.3 Å². The zero-order valence-electron chi connectivity index (χ0n) is 4.49. The van der Waals surface area contributed by atoms with E-state index in [4.69, 9.17) is 19.8 Å². The smallest absolute Gasteiger partial charge is 0.530 e. The summed E-state index contributed by atoms with van der Waals surface area (Å²) in [4.78, 5) is 17.3. The molecule has 0 aliphatic heterocycles. The van der Waals surface area contributed by atoms with Gasteiger partial charge in [0.05, 0.1) is 0 Å². The van der Waals surface area contributed by atoms with Crippen molar-refractivity contribution in [2.75, 3.05) is 0 Å². The van der Waals surface area contributed by atoms with Gasteiger partial charge in [0.15, 0.2) is 0 Å². The second-order valence-corrected chi connectivity index (χ2v) is 0.638. The van der Waals surface area contributed by atoms with Crippen molar-refractivity contribution in [2.45, 2.75) is 0 Å². The molecule has 2 amide bonds. The summed E-state index contributed by atoms with van der Waals surface area (Å²) in [6.07, 6.45) is -3.17. The summed E-state index contributed by atoms with van der Waals surface area (Å²) >= 11 is 0. The van der Waals surface area contributed by atoms with Crippen molar-refractivity contribution < 1.29 is 19.8 Å². The number of nitrogens with two attached hydrogens (primary N) is 2. The fraction of sp³-hybridized carbons (Fsp3) is 0. The molecule has 0 aliphatic rings. The maximum absolute atomic E-state index is 8.67. The van der Waals surface area contributed by atoms with Crippen molar-refractivity contribution in [3.8, 4) is 0 Å². The molecule has 48 valence electrons. The molecule has 0 atom stereocenters. The Kier molecular flexibility index (Phi) is 18.1. The van der Waals surface area contributed by atoms with Crippen LogP contribution in [0, 0.1) is 0 Å². The van der Waals surface area contributed by atoms with Gasteiger partial charge in [0.25, 0.3) is 0 Å². The van der Waals surface area contributed by atoms with Gasteiger partial charge >= 0.3 is 23.1 Å². The van der Waals surface area contributed by atoms with Gasteiger partial charge in [0.1, 0.15) is 12.2 Å². The van der Waals surface area contributed by atoms with Gasteiger partial charge in [-0.2, -0.15) is 0 Å². The first-order valence-corrected chi connectivity index (χ1v) is 1.39. The zero-order valence-corrected chi connectivity index (χ0v) is 5.91. The Labute approximate surface area is 67.0 Å². The number of hydrogen-bond acceptors (Lipinski definition) is 4. The molecule has 4 N–H and O–H groups in total. The van der Waals surface area contributed by atoms with Crippen LogP contribution in [-0.4, -0.2) is 35.2 Å². The van der Waals surface area contributed by atoms with Crippen LogP contribution in [-0.2, 0) is 0 Å². The molecule has 0 spiro atoms. The van der Waals surface area contributed by atoms with E-state index in [1.165, 1.54) is 0 Å². The molecule has 0 aliphatic carbocycles. The summed E-state index contributed by atoms with van der Waals surface area (Å²) in [6.45, 7) is 0. The molecule has 0 unspecified atom stereocenters. The van der Waals surface area contributed by atoms with Crippen LogP contribution in [0.4, 0.5) is 9.59 Å². The van der Waals surface area contributed by atoms with Gasteiger partial charge in [-0.3, -0.25) is 0 Å². The van der Waals surface area contributed by atoms with E-state index in [0.29, 0.717) is 0 Å². The van der Waals surface area contributed by atoms with Crippen molar-refractivity contribution >= 4 is 35.2 Å². The van der Waals surface area contributed by atoms with Crippen LogP contribution < -0.4 is 21.7 Å². The minimum absolute atomic E-state index is 0. The topological polar surface area (TPSA) is 132 Å². The first-order chi connectivity index (χ1) is 3.46. The van der Waals surface area contributed by atoms with Gasteiger partial charge in [0.2, 0.25) is 0 Å². The number of carbonyl (C=O) groups excluding carboxylic acids is 2. The van der Waals surface area contributed by atoms with Crippen molar-refractivity contribution in [3.05, 3.63) is 0 Å². The minimum atomic E-state index is -1.58. The molecule has 0 aromatic heterocycles. The Bertz CT molecular complexity index is 74.6. The average molecular weight is 144 g/mol. The first-order valence-electron chi connectivity index (χ1n) is 1.39. The molecular weight excluding hydrogens is 140 g/mol. The third-order valence-electron chi connectivity index (χ3n) is 0. The fourth-order valence-corrected chi connectivity index (χ4v) is 0. The SMILES string of the molecule is NC(=O)[O-].NC(=O)[O-].[Mg+2]. The van der Waals surface area contributed by atoms with E-state index < -0.39 is 12.2 Å². The van der Waals surface area contributed by atoms with E-state index in [9.17, 15) is 0 Å². The van der Waals surface area contributed by atoms with E-state index in [-0.39, 0.29) is 23.1 Å². The Morgan fingerprint density at radius 3 is 1.00 bits per heavy atom. The zero-order chi connectivity index (χ0) is 7.15. The standard InChI is InChI=1S/2CH3NO2.Mg/c2*2-1(3)4;/h2*2H2,(H,3,4);/q;;+2/p-2.